The minimum Gasteiger partial charge on any atom is -0.354 e. The molecule has 3 aliphatic rings. The van der Waals surface area contributed by atoms with Crippen molar-refractivity contribution in [3.8, 4) is 0 Å². The molecular weight excluding hydrogens is 364 g/mol. The Morgan fingerprint density at radius 3 is 2.90 bits per heavy atom. The Balaban J connectivity index is 1.37. The van der Waals surface area contributed by atoms with Crippen molar-refractivity contribution < 1.29 is 4.79 Å². The SMILES string of the molecule is CC[C@H](C)NC(=O)CCC1=NNC2C3CC(c4ccc(C)c(C)c4)NN3C=CN12. The second-order valence-electron chi connectivity index (χ2n) is 8.42. The Kier molecular flexibility index (Phi) is 5.50. The predicted octanol–water partition coefficient (Wildman–Crippen LogP) is 2.65. The molecule has 1 amide bonds. The molecule has 3 unspecified atom stereocenters. The van der Waals surface area contributed by atoms with Gasteiger partial charge in [0.25, 0.3) is 0 Å². The number of amidine groups is 1. The third-order valence-electron chi connectivity index (χ3n) is 6.34. The van der Waals surface area contributed by atoms with Crippen LogP contribution in [0, 0.1) is 13.8 Å². The van der Waals surface area contributed by atoms with E-state index in [-0.39, 0.29) is 30.2 Å². The fourth-order valence-electron chi connectivity index (χ4n) is 4.18. The van der Waals surface area contributed by atoms with Gasteiger partial charge in [-0.2, -0.15) is 5.10 Å². The Morgan fingerprint density at radius 1 is 1.31 bits per heavy atom. The lowest BCUT2D eigenvalue weighted by atomic mass is 9.97. The van der Waals surface area contributed by atoms with Gasteiger partial charge in [0.05, 0.1) is 12.1 Å². The summed E-state index contributed by atoms with van der Waals surface area (Å²) in [6.45, 7) is 8.42. The molecule has 3 N–H and O–H groups in total. The van der Waals surface area contributed by atoms with Crippen molar-refractivity contribution in [2.24, 2.45) is 5.10 Å². The topological polar surface area (TPSA) is 72.0 Å². The molecule has 1 fully saturated rings. The number of carbonyl (C=O) groups is 1. The highest BCUT2D eigenvalue weighted by Crippen LogP contribution is 2.34. The van der Waals surface area contributed by atoms with Gasteiger partial charge in [-0.15, -0.1) is 0 Å². The van der Waals surface area contributed by atoms with Gasteiger partial charge < -0.3 is 15.2 Å². The number of benzene rings is 1. The predicted molar refractivity (Wildman–Crippen MR) is 115 cm³/mol. The van der Waals surface area contributed by atoms with Crippen LogP contribution in [-0.4, -0.2) is 39.9 Å². The normalized spacial score (nSPS) is 25.9. The van der Waals surface area contributed by atoms with Crippen molar-refractivity contribution in [1.29, 1.82) is 0 Å². The first kappa shape index (κ1) is 19.8. The van der Waals surface area contributed by atoms with Crippen molar-refractivity contribution in [2.75, 3.05) is 0 Å². The zero-order valence-electron chi connectivity index (χ0n) is 17.8. The van der Waals surface area contributed by atoms with Crippen LogP contribution in [0.4, 0.5) is 0 Å². The molecule has 3 aliphatic heterocycles. The van der Waals surface area contributed by atoms with Crippen LogP contribution in [0.3, 0.4) is 0 Å². The first-order chi connectivity index (χ1) is 14.0. The summed E-state index contributed by atoms with van der Waals surface area (Å²) in [6.07, 6.45) is 7.27. The lowest BCUT2D eigenvalue weighted by molar-refractivity contribution is -0.121. The van der Waals surface area contributed by atoms with Crippen molar-refractivity contribution in [3.63, 3.8) is 0 Å². The quantitative estimate of drug-likeness (QED) is 0.690. The van der Waals surface area contributed by atoms with Crippen molar-refractivity contribution in [2.45, 2.75) is 77.7 Å². The van der Waals surface area contributed by atoms with Crippen LogP contribution in [0.1, 0.15) is 62.3 Å². The molecule has 3 heterocycles. The molecule has 7 nitrogen and oxygen atoms in total. The van der Waals surface area contributed by atoms with E-state index in [1.165, 1.54) is 16.7 Å². The molecule has 1 aromatic carbocycles. The summed E-state index contributed by atoms with van der Waals surface area (Å²) in [5, 5.41) is 9.76. The number of hydrazone groups is 1. The van der Waals surface area contributed by atoms with Gasteiger partial charge in [-0.1, -0.05) is 25.1 Å². The highest BCUT2D eigenvalue weighted by Gasteiger charge is 2.44. The monoisotopic (exact) mass is 396 g/mol. The van der Waals surface area contributed by atoms with E-state index in [2.05, 4.69) is 82.5 Å². The number of aryl methyl sites for hydroxylation is 2. The minimum atomic E-state index is 0.0884. The molecule has 4 rings (SSSR count). The van der Waals surface area contributed by atoms with E-state index < -0.39 is 0 Å². The summed E-state index contributed by atoms with van der Waals surface area (Å²) >= 11 is 0. The van der Waals surface area contributed by atoms with E-state index in [0.717, 1.165) is 18.7 Å². The summed E-state index contributed by atoms with van der Waals surface area (Å²) in [5.41, 5.74) is 10.9. The maximum Gasteiger partial charge on any atom is 0.220 e. The van der Waals surface area contributed by atoms with Gasteiger partial charge in [-0.05, 0) is 50.3 Å². The van der Waals surface area contributed by atoms with Gasteiger partial charge in [0.1, 0.15) is 12.0 Å². The van der Waals surface area contributed by atoms with E-state index in [1.807, 2.05) is 6.92 Å². The van der Waals surface area contributed by atoms with Gasteiger partial charge in [0.15, 0.2) is 0 Å². The number of hydrogen-bond acceptors (Lipinski definition) is 6. The zero-order chi connectivity index (χ0) is 20.5. The molecule has 29 heavy (non-hydrogen) atoms. The molecule has 0 saturated carbocycles. The third-order valence-corrected chi connectivity index (χ3v) is 6.34. The summed E-state index contributed by atoms with van der Waals surface area (Å²) in [6, 6.07) is 7.49. The minimum absolute atomic E-state index is 0.0884. The van der Waals surface area contributed by atoms with E-state index in [9.17, 15) is 4.79 Å². The molecule has 0 spiro atoms. The second-order valence-corrected chi connectivity index (χ2v) is 8.42. The number of rotatable bonds is 6. The molecule has 7 heteroatoms. The van der Waals surface area contributed by atoms with E-state index in [0.29, 0.717) is 12.8 Å². The Morgan fingerprint density at radius 2 is 2.14 bits per heavy atom. The van der Waals surface area contributed by atoms with Crippen LogP contribution in [0.25, 0.3) is 0 Å². The highest BCUT2D eigenvalue weighted by atomic mass is 16.1. The Labute approximate surface area is 173 Å². The molecule has 4 atom stereocenters. The number of hydrogen-bond donors (Lipinski definition) is 3. The smallest absolute Gasteiger partial charge is 0.220 e. The lowest BCUT2D eigenvalue weighted by Gasteiger charge is -2.37. The third kappa shape index (κ3) is 3.96. The first-order valence-electron chi connectivity index (χ1n) is 10.7. The van der Waals surface area contributed by atoms with Crippen molar-refractivity contribution in [1.82, 2.24) is 26.1 Å². The van der Waals surface area contributed by atoms with Crippen LogP contribution in [0.2, 0.25) is 0 Å². The summed E-state index contributed by atoms with van der Waals surface area (Å²) < 4.78 is 0. The average Bonchev–Trinajstić information content (AvgIpc) is 3.32. The number of hydrazine groups is 1. The molecule has 156 valence electrons. The second kappa shape index (κ2) is 8.06. The Hall–Kier alpha value is -2.54. The molecule has 0 bridgehead atoms. The number of fused-ring (bicyclic) bond motifs is 3. The van der Waals surface area contributed by atoms with Gasteiger partial charge in [-0.25, -0.2) is 5.43 Å². The molecule has 0 aromatic heterocycles. The van der Waals surface area contributed by atoms with Gasteiger partial charge >= 0.3 is 0 Å². The van der Waals surface area contributed by atoms with Gasteiger partial charge in [-0.3, -0.25) is 10.2 Å². The largest absolute Gasteiger partial charge is 0.354 e. The molecular formula is C22H32N6O. The van der Waals surface area contributed by atoms with E-state index in [4.69, 9.17) is 0 Å². The number of nitrogens with zero attached hydrogens (tertiary/aromatic N) is 3. The Bertz CT molecular complexity index is 835. The summed E-state index contributed by atoms with van der Waals surface area (Å²) in [5.74, 6) is 1.02. The van der Waals surface area contributed by atoms with Crippen LogP contribution in [0.5, 0.6) is 0 Å². The van der Waals surface area contributed by atoms with E-state index in [1.54, 1.807) is 0 Å². The van der Waals surface area contributed by atoms with Crippen molar-refractivity contribution in [3.05, 3.63) is 47.3 Å². The standard InChI is InChI=1S/C22H32N6O/c1-5-16(4)23-21(29)9-8-20-24-25-22-19-13-18(26-28(19)11-10-27(20)22)17-7-6-14(2)15(3)12-17/h6-7,10-12,16,18-19,22,25-26H,5,8-9,13H2,1-4H3,(H,23,29)/t16-,18?,19?,22?/m0/s1. The lowest BCUT2D eigenvalue weighted by Crippen LogP contribution is -2.54. The molecule has 0 aliphatic carbocycles. The van der Waals surface area contributed by atoms with Crippen LogP contribution in [-0.2, 0) is 4.79 Å². The van der Waals surface area contributed by atoms with E-state index >= 15 is 0 Å². The molecule has 0 radical (unpaired) electrons. The number of nitrogens with one attached hydrogen (secondary N) is 3. The highest BCUT2D eigenvalue weighted by molar-refractivity contribution is 5.89. The van der Waals surface area contributed by atoms with Crippen LogP contribution in [0.15, 0.2) is 35.7 Å². The summed E-state index contributed by atoms with van der Waals surface area (Å²) in [4.78, 5) is 14.3. The van der Waals surface area contributed by atoms with Crippen LogP contribution < -0.4 is 16.2 Å². The maximum absolute atomic E-state index is 12.1. The fraction of sp³-hybridized carbons (Fsp3) is 0.545. The maximum atomic E-state index is 12.1. The van der Waals surface area contributed by atoms with Crippen LogP contribution >= 0.6 is 0 Å². The number of amides is 1. The van der Waals surface area contributed by atoms with Gasteiger partial charge in [0, 0.05) is 31.3 Å². The van der Waals surface area contributed by atoms with Crippen molar-refractivity contribution >= 4 is 11.7 Å². The van der Waals surface area contributed by atoms with Gasteiger partial charge in [0.2, 0.25) is 5.91 Å². The fourth-order valence-corrected chi connectivity index (χ4v) is 4.18. The summed E-state index contributed by atoms with van der Waals surface area (Å²) in [7, 11) is 0. The number of carbonyl (C=O) groups excluding carboxylic acids is 1. The molecule has 1 aromatic rings. The molecule has 1 saturated heterocycles. The first-order valence-corrected chi connectivity index (χ1v) is 10.7. The zero-order valence-corrected chi connectivity index (χ0v) is 17.8. The average molecular weight is 397 g/mol.